The van der Waals surface area contributed by atoms with E-state index in [4.69, 9.17) is 10.3 Å². The largest absolute Gasteiger partial charge is 0.390 e. The quantitative estimate of drug-likeness (QED) is 0.444. The number of rotatable bonds is 2. The van der Waals surface area contributed by atoms with Gasteiger partial charge in [0, 0.05) is 26.7 Å². The number of para-hydroxylation sites is 1. The number of halogens is 1. The Hall–Kier alpha value is -2.60. The Kier molecular flexibility index (Phi) is 3.61. The van der Waals surface area contributed by atoms with Crippen LogP contribution in [0.5, 0.6) is 0 Å². The number of nitrogens with zero attached hydrogens (tertiary/aromatic N) is 4. The smallest absolute Gasteiger partial charge is 0.123 e. The molecule has 1 unspecified atom stereocenters. The summed E-state index contributed by atoms with van der Waals surface area (Å²) in [6.07, 6.45) is -0.876. The molecule has 1 saturated heterocycles. The van der Waals surface area contributed by atoms with E-state index in [0.29, 0.717) is 6.61 Å². The Morgan fingerprint density at radius 3 is 2.79 bits per heavy atom. The number of fused-ring (bicyclic) bond motifs is 3. The van der Waals surface area contributed by atoms with E-state index in [1.54, 1.807) is 6.07 Å². The number of hydrogen-bond donors (Lipinski definition) is 1. The average molecular weight is 326 g/mol. The number of hydrogen-bond acceptors (Lipinski definition) is 3. The number of aromatic nitrogens is 1. The lowest BCUT2D eigenvalue weighted by molar-refractivity contribution is -0.0413. The van der Waals surface area contributed by atoms with Gasteiger partial charge in [-0.3, -0.25) is 0 Å². The highest BCUT2D eigenvalue weighted by Crippen LogP contribution is 2.35. The summed E-state index contributed by atoms with van der Waals surface area (Å²) in [5, 5.41) is 16.0. The number of aliphatic hydroxyl groups excluding tert-OH is 1. The minimum absolute atomic E-state index is 0.188. The summed E-state index contributed by atoms with van der Waals surface area (Å²) in [6, 6.07) is 11.2. The van der Waals surface area contributed by atoms with E-state index in [2.05, 4.69) is 10.0 Å². The molecule has 0 saturated carbocycles. The molecule has 0 amide bonds. The van der Waals surface area contributed by atoms with Gasteiger partial charge in [-0.15, -0.1) is 0 Å². The molecule has 0 spiro atoms. The van der Waals surface area contributed by atoms with Crippen LogP contribution in [0.4, 0.5) is 4.39 Å². The van der Waals surface area contributed by atoms with Gasteiger partial charge in [-0.2, -0.15) is 0 Å². The SMILES string of the molecule is [N-]=[N+]=NC1COC[C@H](n2c3ccccc3c3cc(F)ccc32)[C@H]1O. The fourth-order valence-corrected chi connectivity index (χ4v) is 3.49. The number of ether oxygens (including phenoxy) is 1. The van der Waals surface area contributed by atoms with Gasteiger partial charge in [0.25, 0.3) is 0 Å². The second-order valence-corrected chi connectivity index (χ2v) is 5.92. The zero-order chi connectivity index (χ0) is 16.7. The van der Waals surface area contributed by atoms with Crippen molar-refractivity contribution >= 4 is 21.8 Å². The molecule has 122 valence electrons. The molecular formula is C17H15FN4O2. The summed E-state index contributed by atoms with van der Waals surface area (Å²) >= 11 is 0. The topological polar surface area (TPSA) is 83.2 Å². The molecule has 24 heavy (non-hydrogen) atoms. The third kappa shape index (κ3) is 2.22. The fourth-order valence-electron chi connectivity index (χ4n) is 3.49. The Labute approximate surface area is 136 Å². The minimum atomic E-state index is -0.876. The predicted octanol–water partition coefficient (Wildman–Crippen LogP) is 3.54. The van der Waals surface area contributed by atoms with Gasteiger partial charge in [0.1, 0.15) is 5.82 Å². The van der Waals surface area contributed by atoms with Gasteiger partial charge < -0.3 is 14.4 Å². The van der Waals surface area contributed by atoms with E-state index in [0.717, 1.165) is 21.8 Å². The lowest BCUT2D eigenvalue weighted by Gasteiger charge is -2.34. The first kappa shape index (κ1) is 15.0. The van der Waals surface area contributed by atoms with Gasteiger partial charge in [-0.1, -0.05) is 23.3 Å². The van der Waals surface area contributed by atoms with Crippen LogP contribution >= 0.6 is 0 Å². The third-order valence-electron chi connectivity index (χ3n) is 4.57. The first-order valence-corrected chi connectivity index (χ1v) is 7.69. The molecular weight excluding hydrogens is 311 g/mol. The number of aliphatic hydroxyl groups is 1. The van der Waals surface area contributed by atoms with Crippen molar-refractivity contribution in [2.75, 3.05) is 13.2 Å². The average Bonchev–Trinajstić information content (AvgIpc) is 2.91. The van der Waals surface area contributed by atoms with Crippen LogP contribution in [0.3, 0.4) is 0 Å². The molecule has 4 rings (SSSR count). The Bertz CT molecular complexity index is 964. The zero-order valence-corrected chi connectivity index (χ0v) is 12.7. The van der Waals surface area contributed by atoms with E-state index < -0.39 is 18.2 Å². The molecule has 1 aliphatic rings. The minimum Gasteiger partial charge on any atom is -0.390 e. The van der Waals surface area contributed by atoms with Crippen LogP contribution in [0.15, 0.2) is 47.6 Å². The van der Waals surface area contributed by atoms with Crippen LogP contribution in [-0.4, -0.2) is 35.0 Å². The Morgan fingerprint density at radius 1 is 1.17 bits per heavy atom. The van der Waals surface area contributed by atoms with Gasteiger partial charge in [0.05, 0.1) is 31.4 Å². The monoisotopic (exact) mass is 326 g/mol. The molecule has 7 heteroatoms. The Balaban J connectivity index is 1.96. The molecule has 2 aromatic carbocycles. The first-order valence-electron chi connectivity index (χ1n) is 7.69. The van der Waals surface area contributed by atoms with Crippen LogP contribution in [-0.2, 0) is 4.74 Å². The molecule has 1 aliphatic heterocycles. The molecule has 2 heterocycles. The summed E-state index contributed by atoms with van der Waals surface area (Å²) in [6.45, 7) is 0.483. The first-order chi connectivity index (χ1) is 11.7. The molecule has 3 atom stereocenters. The van der Waals surface area contributed by atoms with Crippen LogP contribution in [0.25, 0.3) is 32.2 Å². The zero-order valence-electron chi connectivity index (χ0n) is 12.7. The summed E-state index contributed by atoms with van der Waals surface area (Å²) in [5.74, 6) is -0.308. The van der Waals surface area contributed by atoms with Crippen molar-refractivity contribution in [2.45, 2.75) is 18.2 Å². The molecule has 3 aromatic rings. The van der Waals surface area contributed by atoms with Crippen molar-refractivity contribution in [3.05, 3.63) is 58.7 Å². The van der Waals surface area contributed by atoms with Crippen molar-refractivity contribution in [1.82, 2.24) is 4.57 Å². The molecule has 1 fully saturated rings. The summed E-state index contributed by atoms with van der Waals surface area (Å²) in [5.41, 5.74) is 10.4. The van der Waals surface area contributed by atoms with E-state index in [9.17, 15) is 9.50 Å². The van der Waals surface area contributed by atoms with Crippen molar-refractivity contribution in [2.24, 2.45) is 5.11 Å². The highest BCUT2D eigenvalue weighted by Gasteiger charge is 2.34. The lowest BCUT2D eigenvalue weighted by atomic mass is 10.0. The second kappa shape index (κ2) is 5.79. The van der Waals surface area contributed by atoms with Crippen molar-refractivity contribution in [1.29, 1.82) is 0 Å². The normalized spacial score (nSPS) is 24.2. The van der Waals surface area contributed by atoms with Crippen LogP contribution in [0.1, 0.15) is 6.04 Å². The molecule has 0 radical (unpaired) electrons. The fraction of sp³-hybridized carbons (Fsp3) is 0.294. The maximum absolute atomic E-state index is 13.7. The maximum Gasteiger partial charge on any atom is 0.123 e. The van der Waals surface area contributed by atoms with Gasteiger partial charge in [-0.05, 0) is 29.8 Å². The molecule has 1 N–H and O–H groups in total. The summed E-state index contributed by atoms with van der Waals surface area (Å²) < 4.78 is 21.2. The number of azide groups is 1. The van der Waals surface area contributed by atoms with E-state index >= 15 is 0 Å². The van der Waals surface area contributed by atoms with Gasteiger partial charge in [0.15, 0.2) is 0 Å². The van der Waals surface area contributed by atoms with Crippen molar-refractivity contribution < 1.29 is 14.2 Å². The standard InChI is InChI=1S/C17H15FN4O2/c18-10-5-6-15-12(7-10)11-3-1-2-4-14(11)22(15)16-9-24-8-13(17(16)23)20-21-19/h1-7,13,16-17,23H,8-9H2/t13?,16-,17-/m0/s1. The van der Waals surface area contributed by atoms with Gasteiger partial charge in [0.2, 0.25) is 0 Å². The number of benzene rings is 2. The van der Waals surface area contributed by atoms with Crippen LogP contribution in [0.2, 0.25) is 0 Å². The summed E-state index contributed by atoms with van der Waals surface area (Å²) in [4.78, 5) is 2.79. The van der Waals surface area contributed by atoms with E-state index in [1.807, 2.05) is 28.8 Å². The van der Waals surface area contributed by atoms with Gasteiger partial charge in [-0.25, -0.2) is 4.39 Å². The molecule has 0 bridgehead atoms. The highest BCUT2D eigenvalue weighted by molar-refractivity contribution is 6.08. The van der Waals surface area contributed by atoms with Gasteiger partial charge >= 0.3 is 0 Å². The summed E-state index contributed by atoms with van der Waals surface area (Å²) in [7, 11) is 0. The third-order valence-corrected chi connectivity index (χ3v) is 4.57. The maximum atomic E-state index is 13.7. The molecule has 1 aromatic heterocycles. The molecule has 0 aliphatic carbocycles. The molecule has 6 nitrogen and oxygen atoms in total. The highest BCUT2D eigenvalue weighted by atomic mass is 19.1. The van der Waals surface area contributed by atoms with E-state index in [-0.39, 0.29) is 12.4 Å². The van der Waals surface area contributed by atoms with E-state index in [1.165, 1.54) is 12.1 Å². The van der Waals surface area contributed by atoms with Crippen molar-refractivity contribution in [3.8, 4) is 0 Å². The lowest BCUT2D eigenvalue weighted by Crippen LogP contribution is -2.43. The van der Waals surface area contributed by atoms with Crippen LogP contribution in [0, 0.1) is 5.82 Å². The second-order valence-electron chi connectivity index (χ2n) is 5.92. The van der Waals surface area contributed by atoms with Crippen LogP contribution < -0.4 is 0 Å². The predicted molar refractivity (Wildman–Crippen MR) is 88.2 cm³/mol. The van der Waals surface area contributed by atoms with Crippen molar-refractivity contribution in [3.63, 3.8) is 0 Å². The Morgan fingerprint density at radius 2 is 1.96 bits per heavy atom.